The largest absolute Gasteiger partial charge is 0.383 e. The lowest BCUT2D eigenvalue weighted by molar-refractivity contribution is -0.116. The van der Waals surface area contributed by atoms with Crippen LogP contribution in [-0.2, 0) is 18.3 Å². The summed E-state index contributed by atoms with van der Waals surface area (Å²) in [7, 11) is 1.91. The number of carbonyl (C=O) groups is 1. The van der Waals surface area contributed by atoms with Gasteiger partial charge in [-0.05, 0) is 50.5 Å². The third kappa shape index (κ3) is 4.60. The summed E-state index contributed by atoms with van der Waals surface area (Å²) < 4.78 is 1.84. The minimum Gasteiger partial charge on any atom is -0.383 e. The van der Waals surface area contributed by atoms with E-state index >= 15 is 0 Å². The molecule has 0 aliphatic carbocycles. The van der Waals surface area contributed by atoms with E-state index in [1.165, 1.54) is 0 Å². The normalized spacial score (nSPS) is 10.4. The number of amides is 1. The van der Waals surface area contributed by atoms with Gasteiger partial charge in [0.2, 0.25) is 5.91 Å². The third-order valence-corrected chi connectivity index (χ3v) is 4.25. The summed E-state index contributed by atoms with van der Waals surface area (Å²) in [5, 5.41) is 19.7. The number of hydrogen-bond donors (Lipinski definition) is 2. The van der Waals surface area contributed by atoms with Crippen molar-refractivity contribution in [2.45, 2.75) is 40.0 Å². The van der Waals surface area contributed by atoms with E-state index in [-0.39, 0.29) is 5.91 Å². The van der Waals surface area contributed by atoms with Gasteiger partial charge < -0.3 is 10.6 Å². The molecule has 0 aliphatic heterocycles. The van der Waals surface area contributed by atoms with Gasteiger partial charge in [-0.15, -0.1) is 0 Å². The molecule has 2 rings (SSSR count). The summed E-state index contributed by atoms with van der Waals surface area (Å²) in [6.07, 6.45) is 2.00. The Hall–Kier alpha value is -2.81. The smallest absolute Gasteiger partial charge is 0.224 e. The molecule has 0 saturated carbocycles. The van der Waals surface area contributed by atoms with E-state index < -0.39 is 0 Å². The first-order valence-electron chi connectivity index (χ1n) is 8.53. The lowest BCUT2D eigenvalue weighted by Crippen LogP contribution is -2.15. The predicted molar refractivity (Wildman–Crippen MR) is 99.6 cm³/mol. The van der Waals surface area contributed by atoms with Gasteiger partial charge in [-0.2, -0.15) is 10.4 Å². The molecule has 0 unspecified atom stereocenters. The SMILES string of the molecule is CCCNc1ccc(C#N)cc1NC(=O)CCc1c(C)nn(C)c1C. The highest BCUT2D eigenvalue weighted by atomic mass is 16.1. The van der Waals surface area contributed by atoms with Gasteiger partial charge in [-0.1, -0.05) is 6.92 Å². The van der Waals surface area contributed by atoms with Gasteiger partial charge in [0, 0.05) is 25.7 Å². The van der Waals surface area contributed by atoms with Crippen molar-refractivity contribution < 1.29 is 4.79 Å². The van der Waals surface area contributed by atoms with Gasteiger partial charge in [-0.3, -0.25) is 9.48 Å². The third-order valence-electron chi connectivity index (χ3n) is 4.25. The first kappa shape index (κ1) is 18.5. The highest BCUT2D eigenvalue weighted by molar-refractivity contribution is 5.94. The van der Waals surface area contributed by atoms with Gasteiger partial charge >= 0.3 is 0 Å². The maximum atomic E-state index is 12.4. The van der Waals surface area contributed by atoms with Gasteiger partial charge in [0.1, 0.15) is 0 Å². The van der Waals surface area contributed by atoms with Crippen molar-refractivity contribution in [3.63, 3.8) is 0 Å². The van der Waals surface area contributed by atoms with Crippen molar-refractivity contribution in [2.75, 3.05) is 17.2 Å². The Morgan fingerprint density at radius 2 is 2.08 bits per heavy atom. The maximum Gasteiger partial charge on any atom is 0.224 e. The molecule has 6 nitrogen and oxygen atoms in total. The van der Waals surface area contributed by atoms with Crippen LogP contribution in [0.3, 0.4) is 0 Å². The highest BCUT2D eigenvalue weighted by Gasteiger charge is 2.13. The summed E-state index contributed by atoms with van der Waals surface area (Å²) in [4.78, 5) is 12.4. The molecule has 1 aromatic heterocycles. The minimum atomic E-state index is -0.0720. The van der Waals surface area contributed by atoms with Crippen LogP contribution in [0, 0.1) is 25.2 Å². The molecule has 0 bridgehead atoms. The van der Waals surface area contributed by atoms with E-state index in [0.717, 1.165) is 35.6 Å². The van der Waals surface area contributed by atoms with E-state index in [9.17, 15) is 4.79 Å². The van der Waals surface area contributed by atoms with Gasteiger partial charge in [-0.25, -0.2) is 0 Å². The topological polar surface area (TPSA) is 82.7 Å². The van der Waals surface area contributed by atoms with Crippen LogP contribution in [0.5, 0.6) is 0 Å². The van der Waals surface area contributed by atoms with Crippen LogP contribution in [0.2, 0.25) is 0 Å². The van der Waals surface area contributed by atoms with Crippen LogP contribution in [0.4, 0.5) is 11.4 Å². The molecular formula is C19H25N5O. The molecule has 25 heavy (non-hydrogen) atoms. The van der Waals surface area contributed by atoms with E-state index in [1.807, 2.05) is 31.6 Å². The zero-order valence-electron chi connectivity index (χ0n) is 15.3. The number of aryl methyl sites for hydroxylation is 2. The predicted octanol–water partition coefficient (Wildman–Crippen LogP) is 3.30. The standard InChI is InChI=1S/C19H25N5O/c1-5-10-21-17-8-6-15(12-20)11-18(17)22-19(25)9-7-16-13(2)23-24(4)14(16)3/h6,8,11,21H,5,7,9-10H2,1-4H3,(H,22,25). The van der Waals surface area contributed by atoms with E-state index in [2.05, 4.69) is 28.7 Å². The maximum absolute atomic E-state index is 12.4. The Labute approximate surface area is 148 Å². The second kappa shape index (κ2) is 8.34. The van der Waals surface area contributed by atoms with Crippen molar-refractivity contribution in [3.05, 3.63) is 40.7 Å². The number of nitrogens with zero attached hydrogens (tertiary/aromatic N) is 3. The lowest BCUT2D eigenvalue weighted by Gasteiger charge is -2.13. The number of hydrogen-bond acceptors (Lipinski definition) is 4. The number of nitrogens with one attached hydrogen (secondary N) is 2. The summed E-state index contributed by atoms with van der Waals surface area (Å²) in [5.74, 6) is -0.0720. The minimum absolute atomic E-state index is 0.0720. The quantitative estimate of drug-likeness (QED) is 0.811. The fraction of sp³-hybridized carbons (Fsp3) is 0.421. The number of nitriles is 1. The Morgan fingerprint density at radius 3 is 2.68 bits per heavy atom. The zero-order chi connectivity index (χ0) is 18.4. The fourth-order valence-corrected chi connectivity index (χ4v) is 2.76. The fourth-order valence-electron chi connectivity index (χ4n) is 2.76. The lowest BCUT2D eigenvalue weighted by atomic mass is 10.1. The number of anilines is 2. The number of aromatic nitrogens is 2. The molecular weight excluding hydrogens is 314 g/mol. The van der Waals surface area contributed by atoms with Crippen LogP contribution in [0.15, 0.2) is 18.2 Å². The zero-order valence-corrected chi connectivity index (χ0v) is 15.3. The molecule has 0 aliphatic rings. The molecule has 132 valence electrons. The van der Waals surface area contributed by atoms with Crippen molar-refractivity contribution in [3.8, 4) is 6.07 Å². The van der Waals surface area contributed by atoms with E-state index in [1.54, 1.807) is 12.1 Å². The monoisotopic (exact) mass is 339 g/mol. The summed E-state index contributed by atoms with van der Waals surface area (Å²) in [6, 6.07) is 7.39. The van der Waals surface area contributed by atoms with Crippen LogP contribution in [0.25, 0.3) is 0 Å². The van der Waals surface area contributed by atoms with Crippen molar-refractivity contribution in [2.24, 2.45) is 7.05 Å². The first-order valence-corrected chi connectivity index (χ1v) is 8.53. The molecule has 0 spiro atoms. The van der Waals surface area contributed by atoms with E-state index in [0.29, 0.717) is 24.1 Å². The molecule has 0 atom stereocenters. The number of benzene rings is 1. The van der Waals surface area contributed by atoms with Gasteiger partial charge in [0.05, 0.1) is 28.7 Å². The Balaban J connectivity index is 2.07. The Bertz CT molecular complexity index is 801. The summed E-state index contributed by atoms with van der Waals surface area (Å²) in [5.41, 5.74) is 5.18. The van der Waals surface area contributed by atoms with E-state index in [4.69, 9.17) is 5.26 Å². The molecule has 1 amide bonds. The van der Waals surface area contributed by atoms with Crippen molar-refractivity contribution in [1.82, 2.24) is 9.78 Å². The highest BCUT2D eigenvalue weighted by Crippen LogP contribution is 2.24. The van der Waals surface area contributed by atoms with Crippen molar-refractivity contribution >= 4 is 17.3 Å². The second-order valence-corrected chi connectivity index (χ2v) is 6.12. The van der Waals surface area contributed by atoms with Crippen LogP contribution in [0.1, 0.15) is 42.3 Å². The Kier molecular flexibility index (Phi) is 6.18. The van der Waals surface area contributed by atoms with Gasteiger partial charge in [0.15, 0.2) is 0 Å². The molecule has 2 aromatic rings. The molecule has 0 fully saturated rings. The Morgan fingerprint density at radius 1 is 1.32 bits per heavy atom. The number of rotatable bonds is 7. The van der Waals surface area contributed by atoms with Gasteiger partial charge in [0.25, 0.3) is 0 Å². The number of carbonyl (C=O) groups excluding carboxylic acids is 1. The average Bonchev–Trinajstić information content (AvgIpc) is 2.84. The summed E-state index contributed by atoms with van der Waals surface area (Å²) in [6.45, 7) is 6.86. The molecule has 0 radical (unpaired) electrons. The molecule has 2 N–H and O–H groups in total. The average molecular weight is 339 g/mol. The molecule has 0 saturated heterocycles. The van der Waals surface area contributed by atoms with Crippen LogP contribution >= 0.6 is 0 Å². The molecule has 6 heteroatoms. The van der Waals surface area contributed by atoms with Crippen molar-refractivity contribution in [1.29, 1.82) is 5.26 Å². The summed E-state index contributed by atoms with van der Waals surface area (Å²) >= 11 is 0. The molecule has 1 aromatic carbocycles. The first-order chi connectivity index (χ1) is 12.0. The van der Waals surface area contributed by atoms with Crippen LogP contribution in [-0.4, -0.2) is 22.2 Å². The molecule has 1 heterocycles. The second-order valence-electron chi connectivity index (χ2n) is 6.12. The van der Waals surface area contributed by atoms with Crippen LogP contribution < -0.4 is 10.6 Å².